The molecule has 0 amide bonds. The van der Waals surface area contributed by atoms with Crippen molar-refractivity contribution < 1.29 is 8.42 Å². The molecular weight excluding hydrogens is 352 g/mol. The van der Waals surface area contributed by atoms with Crippen molar-refractivity contribution in [2.45, 2.75) is 32.7 Å². The summed E-state index contributed by atoms with van der Waals surface area (Å²) in [7, 11) is -0.210. The molecule has 3 heterocycles. The molecule has 9 heteroatoms. The number of nitrogens with zero attached hydrogens (tertiary/aromatic N) is 6. The van der Waals surface area contributed by atoms with Gasteiger partial charge in [-0.15, -0.1) is 0 Å². The van der Waals surface area contributed by atoms with Gasteiger partial charge in [0.05, 0.1) is 17.6 Å². The highest BCUT2D eigenvalue weighted by Gasteiger charge is 2.30. The lowest BCUT2D eigenvalue weighted by Crippen LogP contribution is -2.45. The van der Waals surface area contributed by atoms with Crippen molar-refractivity contribution in [2.75, 3.05) is 27.2 Å². The summed E-state index contributed by atoms with van der Waals surface area (Å²) in [4.78, 5) is 9.07. The molecule has 1 aliphatic heterocycles. The summed E-state index contributed by atoms with van der Waals surface area (Å²) >= 11 is 0. The van der Waals surface area contributed by atoms with Crippen LogP contribution in [0, 0.1) is 5.92 Å². The number of hydrogen-bond donors (Lipinski definition) is 0. The highest BCUT2D eigenvalue weighted by atomic mass is 32.2. The molecular formula is C17H26N6O2S. The number of aryl methyl sites for hydroxylation is 1. The van der Waals surface area contributed by atoms with Crippen LogP contribution in [0.2, 0.25) is 0 Å². The van der Waals surface area contributed by atoms with Gasteiger partial charge in [-0.3, -0.25) is 9.67 Å². The maximum Gasteiger partial charge on any atom is 0.281 e. The van der Waals surface area contributed by atoms with Crippen molar-refractivity contribution in [1.82, 2.24) is 28.4 Å². The van der Waals surface area contributed by atoms with Crippen LogP contribution in [0.4, 0.5) is 0 Å². The van der Waals surface area contributed by atoms with E-state index in [1.54, 1.807) is 37.0 Å². The molecule has 1 fully saturated rings. The van der Waals surface area contributed by atoms with Gasteiger partial charge in [0.1, 0.15) is 5.69 Å². The molecule has 1 atom stereocenters. The molecule has 142 valence electrons. The van der Waals surface area contributed by atoms with Crippen molar-refractivity contribution in [3.63, 3.8) is 0 Å². The molecule has 1 saturated heterocycles. The third kappa shape index (κ3) is 3.94. The van der Waals surface area contributed by atoms with Gasteiger partial charge < -0.3 is 0 Å². The largest absolute Gasteiger partial charge is 0.281 e. The maximum absolute atomic E-state index is 12.4. The first kappa shape index (κ1) is 18.9. The van der Waals surface area contributed by atoms with Gasteiger partial charge in [-0.1, -0.05) is 0 Å². The third-order valence-corrected chi connectivity index (χ3v) is 6.64. The zero-order valence-electron chi connectivity index (χ0n) is 15.5. The Morgan fingerprint density at radius 1 is 1.31 bits per heavy atom. The normalized spacial score (nSPS) is 19.2. The molecule has 0 spiro atoms. The highest BCUT2D eigenvalue weighted by molar-refractivity contribution is 7.86. The fourth-order valence-corrected chi connectivity index (χ4v) is 4.58. The second-order valence-corrected chi connectivity index (χ2v) is 8.93. The van der Waals surface area contributed by atoms with E-state index in [0.29, 0.717) is 13.1 Å². The summed E-state index contributed by atoms with van der Waals surface area (Å²) in [6.45, 7) is 3.92. The molecule has 26 heavy (non-hydrogen) atoms. The zero-order chi connectivity index (χ0) is 18.7. The number of rotatable bonds is 6. The van der Waals surface area contributed by atoms with Crippen molar-refractivity contribution in [1.29, 1.82) is 0 Å². The molecule has 3 rings (SSSR count). The molecule has 0 radical (unpaired) electrons. The van der Waals surface area contributed by atoms with Crippen molar-refractivity contribution in [3.8, 4) is 11.4 Å². The topological polar surface area (TPSA) is 84.2 Å². The summed E-state index contributed by atoms with van der Waals surface area (Å²) < 4.78 is 29.5. The average molecular weight is 379 g/mol. The quantitative estimate of drug-likeness (QED) is 0.759. The summed E-state index contributed by atoms with van der Waals surface area (Å²) in [5, 5.41) is 4.28. The van der Waals surface area contributed by atoms with E-state index < -0.39 is 10.2 Å². The molecule has 0 bridgehead atoms. The Kier molecular flexibility index (Phi) is 5.69. The van der Waals surface area contributed by atoms with Gasteiger partial charge in [-0.05, 0) is 38.2 Å². The average Bonchev–Trinajstić information content (AvgIpc) is 3.11. The highest BCUT2D eigenvalue weighted by Crippen LogP contribution is 2.24. The minimum Gasteiger partial charge on any atom is -0.264 e. The van der Waals surface area contributed by atoms with Crippen LogP contribution in [0.25, 0.3) is 11.4 Å². The molecule has 0 unspecified atom stereocenters. The lowest BCUT2D eigenvalue weighted by atomic mass is 9.95. The van der Waals surface area contributed by atoms with E-state index in [9.17, 15) is 8.42 Å². The van der Waals surface area contributed by atoms with Gasteiger partial charge in [-0.25, -0.2) is 4.98 Å². The van der Waals surface area contributed by atoms with E-state index in [1.165, 1.54) is 4.31 Å². The Labute approximate surface area is 155 Å². The van der Waals surface area contributed by atoms with Gasteiger partial charge in [0.25, 0.3) is 10.2 Å². The SMILES string of the molecule is CCn1nccc1-c1cncc(C[C@H]2CCCN(S(=O)(=O)N(C)C)C2)n1. The fourth-order valence-electron chi connectivity index (χ4n) is 3.36. The Hall–Kier alpha value is -1.84. The van der Waals surface area contributed by atoms with E-state index in [2.05, 4.69) is 10.1 Å². The molecule has 2 aromatic rings. The standard InChI is InChI=1S/C17H26N6O2S/c1-4-23-17(7-8-19-23)16-12-18-11-15(20-16)10-14-6-5-9-22(13-14)26(24,25)21(2)3/h7-8,11-12,14H,4-6,9-10,13H2,1-3H3/t14-/m1/s1. The van der Waals surface area contributed by atoms with Crippen molar-refractivity contribution in [3.05, 3.63) is 30.4 Å². The van der Waals surface area contributed by atoms with Crippen molar-refractivity contribution >= 4 is 10.2 Å². The van der Waals surface area contributed by atoms with Gasteiger partial charge >= 0.3 is 0 Å². The van der Waals surface area contributed by atoms with Crippen LogP contribution in [0.1, 0.15) is 25.5 Å². The van der Waals surface area contributed by atoms with Gasteiger partial charge in [0.2, 0.25) is 0 Å². The van der Waals surface area contributed by atoms with E-state index in [-0.39, 0.29) is 5.92 Å². The summed E-state index contributed by atoms with van der Waals surface area (Å²) in [6, 6.07) is 1.93. The lowest BCUT2D eigenvalue weighted by molar-refractivity contribution is 0.253. The molecule has 8 nitrogen and oxygen atoms in total. The molecule has 0 saturated carbocycles. The molecule has 0 N–H and O–H groups in total. The van der Waals surface area contributed by atoms with Gasteiger partial charge in [0, 0.05) is 46.1 Å². The fraction of sp³-hybridized carbons (Fsp3) is 0.588. The van der Waals surface area contributed by atoms with Crippen LogP contribution in [-0.2, 0) is 23.2 Å². The summed E-state index contributed by atoms with van der Waals surface area (Å²) in [5.74, 6) is 0.249. The molecule has 0 aromatic carbocycles. The monoisotopic (exact) mass is 378 g/mol. The van der Waals surface area contributed by atoms with E-state index in [4.69, 9.17) is 4.98 Å². The minimum atomic E-state index is -3.36. The molecule has 1 aliphatic rings. The Bertz CT molecular complexity index is 848. The van der Waals surface area contributed by atoms with E-state index >= 15 is 0 Å². The summed E-state index contributed by atoms with van der Waals surface area (Å²) in [6.07, 6.45) is 7.87. The smallest absolute Gasteiger partial charge is 0.264 e. The van der Waals surface area contributed by atoms with Crippen molar-refractivity contribution in [2.24, 2.45) is 5.92 Å². The first-order chi connectivity index (χ1) is 12.4. The number of piperidine rings is 1. The Morgan fingerprint density at radius 2 is 2.12 bits per heavy atom. The third-order valence-electron chi connectivity index (χ3n) is 4.73. The zero-order valence-corrected chi connectivity index (χ0v) is 16.4. The van der Waals surface area contributed by atoms with Crippen LogP contribution < -0.4 is 0 Å². The second-order valence-electron chi connectivity index (χ2n) is 6.79. The maximum atomic E-state index is 12.4. The first-order valence-corrected chi connectivity index (χ1v) is 10.3. The first-order valence-electron chi connectivity index (χ1n) is 8.92. The van der Waals surface area contributed by atoms with Crippen LogP contribution in [0.3, 0.4) is 0 Å². The predicted molar refractivity (Wildman–Crippen MR) is 99.5 cm³/mol. The van der Waals surface area contributed by atoms with E-state index in [0.717, 1.165) is 42.9 Å². The van der Waals surface area contributed by atoms with E-state index in [1.807, 2.05) is 17.7 Å². The molecule has 0 aliphatic carbocycles. The van der Waals surface area contributed by atoms with Crippen LogP contribution in [0.15, 0.2) is 24.7 Å². The van der Waals surface area contributed by atoms with Crippen LogP contribution in [-0.4, -0.2) is 64.0 Å². The summed E-state index contributed by atoms with van der Waals surface area (Å²) in [5.41, 5.74) is 2.64. The Morgan fingerprint density at radius 3 is 2.85 bits per heavy atom. The van der Waals surface area contributed by atoms with Gasteiger partial charge in [-0.2, -0.15) is 22.1 Å². The minimum absolute atomic E-state index is 0.249. The van der Waals surface area contributed by atoms with Crippen LogP contribution >= 0.6 is 0 Å². The lowest BCUT2D eigenvalue weighted by Gasteiger charge is -2.33. The van der Waals surface area contributed by atoms with Gasteiger partial charge in [0.15, 0.2) is 0 Å². The Balaban J connectivity index is 1.74. The molecule has 2 aromatic heterocycles. The second kappa shape index (κ2) is 7.81. The number of aromatic nitrogens is 4. The number of hydrogen-bond acceptors (Lipinski definition) is 5. The predicted octanol–water partition coefficient (Wildman–Crippen LogP) is 1.42. The van der Waals surface area contributed by atoms with Crippen LogP contribution in [0.5, 0.6) is 0 Å².